The van der Waals surface area contributed by atoms with Crippen LogP contribution < -0.4 is 0 Å². The maximum atomic E-state index is 11.9. The number of hydrogen-bond donors (Lipinski definition) is 1. The molecule has 1 fully saturated rings. The Bertz CT molecular complexity index is 403. The third kappa shape index (κ3) is 1.71. The Balaban J connectivity index is 2.26. The van der Waals surface area contributed by atoms with E-state index in [1.54, 1.807) is 0 Å². The molecular formula is C7H10BrN3O2S. The van der Waals surface area contributed by atoms with Crippen LogP contribution in [0.3, 0.4) is 0 Å². The molecule has 7 heteroatoms. The summed E-state index contributed by atoms with van der Waals surface area (Å²) in [5.41, 5.74) is 0. The summed E-state index contributed by atoms with van der Waals surface area (Å²) in [6, 6.07) is 0. The highest BCUT2D eigenvalue weighted by Crippen LogP contribution is 2.22. The molecule has 1 atom stereocenters. The molecule has 14 heavy (non-hydrogen) atoms. The number of hydrogen-bond acceptors (Lipinski definition) is 3. The first-order valence-electron chi connectivity index (χ1n) is 4.23. The fourth-order valence-electron chi connectivity index (χ4n) is 1.43. The first kappa shape index (κ1) is 10.1. The van der Waals surface area contributed by atoms with E-state index in [9.17, 15) is 8.42 Å². The number of aromatic amines is 1. The van der Waals surface area contributed by atoms with Gasteiger partial charge < -0.3 is 4.98 Å². The minimum atomic E-state index is -3.34. The number of nitrogens with one attached hydrogen (secondary N) is 1. The van der Waals surface area contributed by atoms with E-state index in [2.05, 4.69) is 25.9 Å². The van der Waals surface area contributed by atoms with Crippen LogP contribution in [0.1, 0.15) is 6.42 Å². The minimum Gasteiger partial charge on any atom is -0.335 e. The van der Waals surface area contributed by atoms with Crippen molar-refractivity contribution in [2.45, 2.75) is 16.3 Å². The molecule has 1 saturated heterocycles. The number of sulfonamides is 1. The van der Waals surface area contributed by atoms with E-state index in [0.717, 1.165) is 6.42 Å². The molecule has 0 bridgehead atoms. The Morgan fingerprint density at radius 1 is 1.64 bits per heavy atom. The zero-order valence-corrected chi connectivity index (χ0v) is 9.75. The van der Waals surface area contributed by atoms with E-state index in [1.807, 2.05) is 0 Å². The molecule has 0 saturated carbocycles. The first-order valence-corrected chi connectivity index (χ1v) is 6.59. The van der Waals surface area contributed by atoms with Crippen LogP contribution in [0.15, 0.2) is 17.6 Å². The maximum Gasteiger partial charge on any atom is 0.260 e. The molecule has 0 aromatic carbocycles. The molecule has 1 aliphatic rings. The molecule has 78 valence electrons. The zero-order valence-electron chi connectivity index (χ0n) is 7.35. The highest BCUT2D eigenvalue weighted by atomic mass is 79.9. The van der Waals surface area contributed by atoms with Crippen molar-refractivity contribution in [3.63, 3.8) is 0 Å². The average molecular weight is 280 g/mol. The Labute approximate surface area is 90.7 Å². The van der Waals surface area contributed by atoms with Gasteiger partial charge in [-0.05, 0) is 6.42 Å². The minimum absolute atomic E-state index is 0.166. The molecular weight excluding hydrogens is 270 g/mol. The Kier molecular flexibility index (Phi) is 2.63. The lowest BCUT2D eigenvalue weighted by molar-refractivity contribution is 0.476. The molecule has 0 aliphatic carbocycles. The molecule has 1 unspecified atom stereocenters. The number of rotatable bonds is 2. The Morgan fingerprint density at radius 3 is 2.93 bits per heavy atom. The van der Waals surface area contributed by atoms with E-state index >= 15 is 0 Å². The number of halogens is 1. The number of H-pyrrole nitrogens is 1. The third-order valence-corrected chi connectivity index (χ3v) is 4.72. The van der Waals surface area contributed by atoms with Gasteiger partial charge in [0, 0.05) is 17.9 Å². The van der Waals surface area contributed by atoms with Crippen LogP contribution in [-0.2, 0) is 10.0 Å². The smallest absolute Gasteiger partial charge is 0.260 e. The standard InChI is InChI=1S/C7H10BrN3O2S/c8-6-1-2-11(4-6)14(12,13)7-3-9-5-10-7/h3,5-6H,1-2,4H2,(H,9,10). The Morgan fingerprint density at radius 2 is 2.43 bits per heavy atom. The van der Waals surface area contributed by atoms with Gasteiger partial charge in [-0.2, -0.15) is 4.31 Å². The van der Waals surface area contributed by atoms with E-state index in [0.29, 0.717) is 13.1 Å². The van der Waals surface area contributed by atoms with Crippen molar-refractivity contribution in [1.82, 2.24) is 14.3 Å². The lowest BCUT2D eigenvalue weighted by Gasteiger charge is -2.13. The second kappa shape index (κ2) is 3.63. The van der Waals surface area contributed by atoms with E-state index < -0.39 is 10.0 Å². The van der Waals surface area contributed by atoms with Crippen LogP contribution in [0.4, 0.5) is 0 Å². The van der Waals surface area contributed by atoms with Gasteiger partial charge in [0.25, 0.3) is 10.0 Å². The topological polar surface area (TPSA) is 66.1 Å². The summed E-state index contributed by atoms with van der Waals surface area (Å²) in [5, 5.41) is 0.166. The van der Waals surface area contributed by atoms with Crippen molar-refractivity contribution < 1.29 is 8.42 Å². The van der Waals surface area contributed by atoms with Crippen molar-refractivity contribution in [2.24, 2.45) is 0 Å². The number of aromatic nitrogens is 2. The van der Waals surface area contributed by atoms with Gasteiger partial charge in [-0.1, -0.05) is 15.9 Å². The molecule has 0 radical (unpaired) electrons. The lowest BCUT2D eigenvalue weighted by atomic mass is 10.4. The summed E-state index contributed by atoms with van der Waals surface area (Å²) in [5.74, 6) is 0. The van der Waals surface area contributed by atoms with Crippen LogP contribution >= 0.6 is 15.9 Å². The van der Waals surface area contributed by atoms with Crippen LogP contribution in [-0.4, -0.2) is 40.6 Å². The second-order valence-corrected chi connectivity index (χ2v) is 6.37. The van der Waals surface area contributed by atoms with Gasteiger partial charge in [0.15, 0.2) is 5.03 Å². The van der Waals surface area contributed by atoms with Gasteiger partial charge in [0.05, 0.1) is 12.5 Å². The SMILES string of the molecule is O=S(=O)(c1cnc[nH]1)N1CCC(Br)C1. The van der Waals surface area contributed by atoms with Crippen molar-refractivity contribution in [3.05, 3.63) is 12.5 Å². The lowest BCUT2D eigenvalue weighted by Crippen LogP contribution is -2.29. The van der Waals surface area contributed by atoms with Gasteiger partial charge >= 0.3 is 0 Å². The summed E-state index contributed by atoms with van der Waals surface area (Å²) >= 11 is 3.40. The largest absolute Gasteiger partial charge is 0.335 e. The number of nitrogens with zero attached hydrogens (tertiary/aromatic N) is 2. The van der Waals surface area contributed by atoms with Crippen molar-refractivity contribution in [2.75, 3.05) is 13.1 Å². The molecule has 2 rings (SSSR count). The highest BCUT2D eigenvalue weighted by Gasteiger charge is 2.31. The van der Waals surface area contributed by atoms with Gasteiger partial charge in [-0.3, -0.25) is 0 Å². The fraction of sp³-hybridized carbons (Fsp3) is 0.571. The van der Waals surface area contributed by atoms with E-state index in [-0.39, 0.29) is 9.85 Å². The van der Waals surface area contributed by atoms with Crippen molar-refractivity contribution in [3.8, 4) is 0 Å². The normalized spacial score (nSPS) is 24.2. The summed E-state index contributed by atoms with van der Waals surface area (Å²) in [6.07, 6.45) is 3.55. The molecule has 0 spiro atoms. The average Bonchev–Trinajstić information content (AvgIpc) is 2.72. The molecule has 1 aliphatic heterocycles. The highest BCUT2D eigenvalue weighted by molar-refractivity contribution is 9.09. The number of imidazole rings is 1. The summed E-state index contributed by atoms with van der Waals surface area (Å²) in [6.45, 7) is 1.10. The molecule has 1 N–H and O–H groups in total. The van der Waals surface area contributed by atoms with Crippen LogP contribution in [0, 0.1) is 0 Å². The predicted molar refractivity (Wildman–Crippen MR) is 54.7 cm³/mol. The summed E-state index contributed by atoms with van der Waals surface area (Å²) < 4.78 is 25.2. The summed E-state index contributed by atoms with van der Waals surface area (Å²) in [7, 11) is -3.34. The quantitative estimate of drug-likeness (QED) is 0.805. The van der Waals surface area contributed by atoms with Gasteiger partial charge in [0.2, 0.25) is 0 Å². The molecule has 5 nitrogen and oxygen atoms in total. The van der Waals surface area contributed by atoms with Gasteiger partial charge in [0.1, 0.15) is 0 Å². The summed E-state index contributed by atoms with van der Waals surface area (Å²) in [4.78, 5) is 6.58. The monoisotopic (exact) mass is 279 g/mol. The van der Waals surface area contributed by atoms with Crippen molar-refractivity contribution >= 4 is 26.0 Å². The molecule has 1 aromatic heterocycles. The zero-order chi connectivity index (χ0) is 10.2. The third-order valence-electron chi connectivity index (χ3n) is 2.18. The fourth-order valence-corrected chi connectivity index (χ4v) is 3.57. The first-order chi connectivity index (χ1) is 6.60. The van der Waals surface area contributed by atoms with Gasteiger partial charge in [-0.25, -0.2) is 13.4 Å². The predicted octanol–water partition coefficient (Wildman–Crippen LogP) is 0.568. The van der Waals surface area contributed by atoms with Gasteiger partial charge in [-0.15, -0.1) is 0 Å². The van der Waals surface area contributed by atoms with Crippen LogP contribution in [0.25, 0.3) is 0 Å². The van der Waals surface area contributed by atoms with E-state index in [1.165, 1.54) is 16.8 Å². The Hall–Kier alpha value is -0.400. The molecule has 2 heterocycles. The van der Waals surface area contributed by atoms with E-state index in [4.69, 9.17) is 0 Å². The molecule has 0 amide bonds. The van der Waals surface area contributed by atoms with Crippen LogP contribution in [0.2, 0.25) is 0 Å². The van der Waals surface area contributed by atoms with Crippen molar-refractivity contribution in [1.29, 1.82) is 0 Å². The molecule has 1 aromatic rings. The number of alkyl halides is 1. The second-order valence-electron chi connectivity index (χ2n) is 3.16. The van der Waals surface area contributed by atoms with Crippen LogP contribution in [0.5, 0.6) is 0 Å². The maximum absolute atomic E-state index is 11.9.